The molecule has 0 radical (unpaired) electrons. The predicted octanol–water partition coefficient (Wildman–Crippen LogP) is 4.77. The van der Waals surface area contributed by atoms with E-state index in [0.29, 0.717) is 17.4 Å². The summed E-state index contributed by atoms with van der Waals surface area (Å²) in [6, 6.07) is 11.5. The maximum absolute atomic E-state index is 12.8. The second kappa shape index (κ2) is 8.58. The summed E-state index contributed by atoms with van der Waals surface area (Å²) < 4.78 is 5.42. The molecule has 1 aromatic heterocycles. The first-order valence-corrected chi connectivity index (χ1v) is 10.4. The lowest BCUT2D eigenvalue weighted by molar-refractivity contribution is -0.127. The summed E-state index contributed by atoms with van der Waals surface area (Å²) in [5, 5.41) is 2.57. The summed E-state index contributed by atoms with van der Waals surface area (Å²) in [5.41, 5.74) is 0.296. The highest BCUT2D eigenvalue weighted by Crippen LogP contribution is 2.32. The van der Waals surface area contributed by atoms with E-state index in [1.54, 1.807) is 30.3 Å². The van der Waals surface area contributed by atoms with Crippen molar-refractivity contribution in [3.05, 3.63) is 79.5 Å². The number of para-hydroxylation sites is 1. The molecule has 0 unspecified atom stereocenters. The molecule has 2 heterocycles. The standard InChI is InChI=1S/C21H12Cl2N2O5S/c22-12-7-14-18(27)11(10-30-19(14)15(23)8-12)6-16-20(28)25(21(29)31-16)9-17(26)24-13-4-2-1-3-5-13/h1-8,10H,9H2,(H,24,26)/b16-6-. The van der Waals surface area contributed by atoms with Gasteiger partial charge in [-0.25, -0.2) is 0 Å². The minimum absolute atomic E-state index is 0.00251. The van der Waals surface area contributed by atoms with Gasteiger partial charge in [-0.3, -0.25) is 24.1 Å². The van der Waals surface area contributed by atoms with E-state index in [1.807, 2.05) is 0 Å². The summed E-state index contributed by atoms with van der Waals surface area (Å²) in [6.07, 6.45) is 2.40. The van der Waals surface area contributed by atoms with Crippen molar-refractivity contribution in [2.45, 2.75) is 0 Å². The fraction of sp³-hybridized carbons (Fsp3) is 0.0476. The molecular weight excluding hydrogens is 463 g/mol. The first-order chi connectivity index (χ1) is 14.8. The minimum atomic E-state index is -0.679. The van der Waals surface area contributed by atoms with E-state index < -0.39 is 29.0 Å². The number of hydrogen-bond donors (Lipinski definition) is 1. The number of anilines is 1. The molecule has 1 aliphatic rings. The van der Waals surface area contributed by atoms with Crippen molar-refractivity contribution in [2.24, 2.45) is 0 Å². The molecule has 0 aliphatic carbocycles. The number of nitrogens with one attached hydrogen (secondary N) is 1. The summed E-state index contributed by atoms with van der Waals surface area (Å²) in [4.78, 5) is 50.7. The average Bonchev–Trinajstić information content (AvgIpc) is 2.98. The molecule has 7 nitrogen and oxygen atoms in total. The highest BCUT2D eigenvalue weighted by Gasteiger charge is 2.36. The molecule has 1 N–H and O–H groups in total. The van der Waals surface area contributed by atoms with Crippen LogP contribution in [0, 0.1) is 0 Å². The number of benzene rings is 2. The van der Waals surface area contributed by atoms with Crippen molar-refractivity contribution in [2.75, 3.05) is 11.9 Å². The maximum atomic E-state index is 12.8. The Morgan fingerprint density at radius 3 is 2.61 bits per heavy atom. The third-order valence-electron chi connectivity index (χ3n) is 4.34. The van der Waals surface area contributed by atoms with Crippen molar-refractivity contribution >= 4 is 74.7 Å². The maximum Gasteiger partial charge on any atom is 0.294 e. The van der Waals surface area contributed by atoms with Crippen LogP contribution in [0.2, 0.25) is 10.0 Å². The van der Waals surface area contributed by atoms with E-state index in [0.717, 1.165) is 11.2 Å². The molecule has 0 atom stereocenters. The highest BCUT2D eigenvalue weighted by atomic mass is 35.5. The molecule has 3 aromatic rings. The zero-order valence-electron chi connectivity index (χ0n) is 15.6. The van der Waals surface area contributed by atoms with Gasteiger partial charge in [0.1, 0.15) is 12.8 Å². The van der Waals surface area contributed by atoms with Crippen LogP contribution in [0.4, 0.5) is 10.5 Å². The normalized spacial score (nSPS) is 15.2. The van der Waals surface area contributed by atoms with Gasteiger partial charge in [-0.15, -0.1) is 0 Å². The van der Waals surface area contributed by atoms with Crippen LogP contribution < -0.4 is 10.7 Å². The third kappa shape index (κ3) is 4.36. The molecule has 0 bridgehead atoms. The van der Waals surface area contributed by atoms with E-state index in [1.165, 1.54) is 18.2 Å². The number of carbonyl (C=O) groups excluding carboxylic acids is 3. The van der Waals surface area contributed by atoms with Gasteiger partial charge in [-0.2, -0.15) is 0 Å². The largest absolute Gasteiger partial charge is 0.462 e. The molecule has 1 aliphatic heterocycles. The van der Waals surface area contributed by atoms with Gasteiger partial charge in [0.25, 0.3) is 11.1 Å². The predicted molar refractivity (Wildman–Crippen MR) is 120 cm³/mol. The molecule has 156 valence electrons. The highest BCUT2D eigenvalue weighted by molar-refractivity contribution is 8.18. The van der Waals surface area contributed by atoms with E-state index in [2.05, 4.69) is 5.32 Å². The smallest absolute Gasteiger partial charge is 0.294 e. The lowest BCUT2D eigenvalue weighted by atomic mass is 10.1. The van der Waals surface area contributed by atoms with Crippen molar-refractivity contribution in [3.63, 3.8) is 0 Å². The number of nitrogens with zero attached hydrogens (tertiary/aromatic N) is 1. The SMILES string of the molecule is O=C(CN1C(=O)S/C(=C\c2coc3c(Cl)cc(Cl)cc3c2=O)C1=O)Nc1ccccc1. The summed E-state index contributed by atoms with van der Waals surface area (Å²) >= 11 is 12.6. The molecule has 31 heavy (non-hydrogen) atoms. The Balaban J connectivity index is 1.58. The van der Waals surface area contributed by atoms with Crippen LogP contribution in [0.5, 0.6) is 0 Å². The number of rotatable bonds is 4. The van der Waals surface area contributed by atoms with Gasteiger partial charge in [0.05, 0.1) is 20.9 Å². The van der Waals surface area contributed by atoms with Gasteiger partial charge < -0.3 is 9.73 Å². The van der Waals surface area contributed by atoms with Gasteiger partial charge in [-0.05, 0) is 42.1 Å². The number of carbonyl (C=O) groups is 3. The Morgan fingerprint density at radius 2 is 1.87 bits per heavy atom. The van der Waals surface area contributed by atoms with Crippen LogP contribution in [0.25, 0.3) is 17.0 Å². The molecule has 0 saturated carbocycles. The summed E-state index contributed by atoms with van der Waals surface area (Å²) in [5.74, 6) is -1.20. The molecule has 1 saturated heterocycles. The lowest BCUT2D eigenvalue weighted by Crippen LogP contribution is -2.36. The fourth-order valence-corrected chi connectivity index (χ4v) is 4.29. The minimum Gasteiger partial charge on any atom is -0.462 e. The third-order valence-corrected chi connectivity index (χ3v) is 5.74. The van der Waals surface area contributed by atoms with E-state index in [9.17, 15) is 19.2 Å². The van der Waals surface area contributed by atoms with Crippen LogP contribution in [-0.4, -0.2) is 28.5 Å². The lowest BCUT2D eigenvalue weighted by Gasteiger charge is -2.12. The van der Waals surface area contributed by atoms with Gasteiger partial charge in [0.2, 0.25) is 5.91 Å². The summed E-state index contributed by atoms with van der Waals surface area (Å²) in [7, 11) is 0. The van der Waals surface area contributed by atoms with Gasteiger partial charge in [0, 0.05) is 10.7 Å². The van der Waals surface area contributed by atoms with Crippen LogP contribution in [-0.2, 0) is 9.59 Å². The van der Waals surface area contributed by atoms with Crippen LogP contribution in [0.1, 0.15) is 5.56 Å². The number of hydrogen-bond acceptors (Lipinski definition) is 6. The number of thioether (sulfide) groups is 1. The van der Waals surface area contributed by atoms with Crippen molar-refractivity contribution in [1.29, 1.82) is 0 Å². The number of amides is 3. The molecule has 1 fully saturated rings. The Labute approximate surface area is 189 Å². The van der Waals surface area contributed by atoms with Crippen LogP contribution >= 0.6 is 35.0 Å². The number of halogens is 2. The first kappa shape index (κ1) is 21.2. The molecule has 2 aromatic carbocycles. The van der Waals surface area contributed by atoms with Crippen molar-refractivity contribution in [3.8, 4) is 0 Å². The first-order valence-electron chi connectivity index (χ1n) is 8.84. The molecule has 3 amide bonds. The molecule has 10 heteroatoms. The van der Waals surface area contributed by atoms with Gasteiger partial charge >= 0.3 is 0 Å². The van der Waals surface area contributed by atoms with E-state index in [-0.39, 0.29) is 31.5 Å². The second-order valence-corrected chi connectivity index (χ2v) is 8.30. The van der Waals surface area contributed by atoms with Crippen LogP contribution in [0.15, 0.2) is 62.8 Å². The fourth-order valence-electron chi connectivity index (χ4n) is 2.92. The molecule has 4 rings (SSSR count). The summed E-state index contributed by atoms with van der Waals surface area (Å²) in [6.45, 7) is -0.450. The number of imide groups is 1. The van der Waals surface area contributed by atoms with Crippen LogP contribution in [0.3, 0.4) is 0 Å². The van der Waals surface area contributed by atoms with Crippen molar-refractivity contribution in [1.82, 2.24) is 4.90 Å². The topological polar surface area (TPSA) is 96.7 Å². The Hall–Kier alpha value is -3.07. The van der Waals surface area contributed by atoms with E-state index in [4.69, 9.17) is 27.6 Å². The van der Waals surface area contributed by atoms with Crippen molar-refractivity contribution < 1.29 is 18.8 Å². The average molecular weight is 475 g/mol. The van der Waals surface area contributed by atoms with Gasteiger partial charge in [-0.1, -0.05) is 41.4 Å². The zero-order valence-corrected chi connectivity index (χ0v) is 17.9. The second-order valence-electron chi connectivity index (χ2n) is 6.47. The molecular formula is C21H12Cl2N2O5S. The monoisotopic (exact) mass is 474 g/mol. The number of fused-ring (bicyclic) bond motifs is 1. The Kier molecular flexibility index (Phi) is 5.86. The zero-order chi connectivity index (χ0) is 22.1. The van der Waals surface area contributed by atoms with E-state index >= 15 is 0 Å². The van der Waals surface area contributed by atoms with Gasteiger partial charge in [0.15, 0.2) is 11.0 Å². The Morgan fingerprint density at radius 1 is 1.13 bits per heavy atom. The quantitative estimate of drug-likeness (QED) is 0.546. The Bertz CT molecular complexity index is 1320. The molecule has 0 spiro atoms.